The van der Waals surface area contributed by atoms with Crippen LogP contribution in [-0.4, -0.2) is 14.9 Å². The van der Waals surface area contributed by atoms with Crippen molar-refractivity contribution in [2.45, 2.75) is 32.9 Å². The van der Waals surface area contributed by atoms with E-state index in [0.717, 1.165) is 5.69 Å². The first-order chi connectivity index (χ1) is 8.86. The van der Waals surface area contributed by atoms with Gasteiger partial charge in [-0.25, -0.2) is 4.39 Å². The van der Waals surface area contributed by atoms with E-state index >= 15 is 0 Å². The van der Waals surface area contributed by atoms with Crippen molar-refractivity contribution in [1.29, 1.82) is 0 Å². The molecule has 1 aromatic heterocycles. The van der Waals surface area contributed by atoms with Gasteiger partial charge in [0, 0.05) is 17.3 Å². The molecule has 1 N–H and O–H groups in total. The molecular weight excluding hydrogens is 267 g/mol. The van der Waals surface area contributed by atoms with Gasteiger partial charge in [-0.05, 0) is 32.9 Å². The minimum Gasteiger partial charge on any atom is -0.392 e. The third-order valence-corrected chi connectivity index (χ3v) is 3.20. The number of rotatable bonds is 2. The zero-order valence-electron chi connectivity index (χ0n) is 11.1. The molecule has 2 aromatic rings. The Kier molecular flexibility index (Phi) is 3.65. The summed E-state index contributed by atoms with van der Waals surface area (Å²) in [6, 6.07) is 4.99. The van der Waals surface area contributed by atoms with Crippen LogP contribution in [0.15, 0.2) is 24.4 Å². The van der Waals surface area contributed by atoms with Crippen LogP contribution in [0.2, 0.25) is 5.02 Å². The standard InChI is InChI=1S/C14H16ClFN2O/c1-14(2,3)18-12(6-7-17-18)9-4-5-11(15)13(16)10(9)8-19/h4-7,19H,8H2,1-3H3. The maximum atomic E-state index is 14.0. The molecule has 0 aliphatic rings. The normalized spacial score (nSPS) is 11.9. The van der Waals surface area contributed by atoms with Crippen molar-refractivity contribution in [3.8, 4) is 11.3 Å². The van der Waals surface area contributed by atoms with Gasteiger partial charge < -0.3 is 5.11 Å². The van der Waals surface area contributed by atoms with Crippen molar-refractivity contribution in [2.24, 2.45) is 0 Å². The lowest BCUT2D eigenvalue weighted by Crippen LogP contribution is -2.24. The fraction of sp³-hybridized carbons (Fsp3) is 0.357. The lowest BCUT2D eigenvalue weighted by Gasteiger charge is -2.23. The van der Waals surface area contributed by atoms with Crippen LogP contribution in [0.5, 0.6) is 0 Å². The first-order valence-corrected chi connectivity index (χ1v) is 6.36. The quantitative estimate of drug-likeness (QED) is 0.914. The van der Waals surface area contributed by atoms with Gasteiger partial charge in [0.2, 0.25) is 0 Å². The molecule has 102 valence electrons. The smallest absolute Gasteiger partial charge is 0.147 e. The second-order valence-corrected chi connectivity index (χ2v) is 5.75. The average molecular weight is 283 g/mol. The first-order valence-electron chi connectivity index (χ1n) is 5.99. The van der Waals surface area contributed by atoms with E-state index in [-0.39, 0.29) is 16.1 Å². The van der Waals surface area contributed by atoms with E-state index in [1.165, 1.54) is 6.07 Å². The molecule has 3 nitrogen and oxygen atoms in total. The maximum Gasteiger partial charge on any atom is 0.147 e. The molecule has 1 aromatic carbocycles. The number of nitrogens with zero attached hydrogens (tertiary/aromatic N) is 2. The van der Waals surface area contributed by atoms with Gasteiger partial charge in [0.1, 0.15) is 5.82 Å². The third kappa shape index (κ3) is 2.51. The van der Waals surface area contributed by atoms with Gasteiger partial charge in [0.05, 0.1) is 22.9 Å². The van der Waals surface area contributed by atoms with Crippen LogP contribution < -0.4 is 0 Å². The number of hydrogen-bond donors (Lipinski definition) is 1. The molecule has 0 saturated carbocycles. The molecule has 2 rings (SSSR count). The van der Waals surface area contributed by atoms with Crippen molar-refractivity contribution in [3.63, 3.8) is 0 Å². The van der Waals surface area contributed by atoms with Gasteiger partial charge in [-0.3, -0.25) is 4.68 Å². The van der Waals surface area contributed by atoms with Crippen LogP contribution in [0, 0.1) is 5.82 Å². The zero-order chi connectivity index (χ0) is 14.2. The summed E-state index contributed by atoms with van der Waals surface area (Å²) in [7, 11) is 0. The molecule has 1 heterocycles. The summed E-state index contributed by atoms with van der Waals surface area (Å²) < 4.78 is 15.8. The first kappa shape index (κ1) is 14.0. The highest BCUT2D eigenvalue weighted by Gasteiger charge is 2.21. The van der Waals surface area contributed by atoms with E-state index in [9.17, 15) is 9.50 Å². The van der Waals surface area contributed by atoms with Crippen molar-refractivity contribution in [3.05, 3.63) is 40.8 Å². The van der Waals surface area contributed by atoms with Gasteiger partial charge in [0.25, 0.3) is 0 Å². The van der Waals surface area contributed by atoms with E-state index < -0.39 is 12.4 Å². The fourth-order valence-corrected chi connectivity index (χ4v) is 2.21. The predicted octanol–water partition coefficient (Wildman–Crippen LogP) is 3.59. The molecule has 0 spiro atoms. The Hall–Kier alpha value is -1.39. The van der Waals surface area contributed by atoms with E-state index in [2.05, 4.69) is 5.10 Å². The van der Waals surface area contributed by atoms with E-state index in [1.54, 1.807) is 23.0 Å². The molecule has 19 heavy (non-hydrogen) atoms. The highest BCUT2D eigenvalue weighted by atomic mass is 35.5. The summed E-state index contributed by atoms with van der Waals surface area (Å²) in [4.78, 5) is 0. The highest BCUT2D eigenvalue weighted by Crippen LogP contribution is 2.32. The molecule has 0 saturated heterocycles. The van der Waals surface area contributed by atoms with Gasteiger partial charge >= 0.3 is 0 Å². The Morgan fingerprint density at radius 2 is 2.00 bits per heavy atom. The molecule has 0 bridgehead atoms. The summed E-state index contributed by atoms with van der Waals surface area (Å²) in [6.07, 6.45) is 1.66. The molecule has 0 fully saturated rings. The third-order valence-electron chi connectivity index (χ3n) is 2.91. The second kappa shape index (κ2) is 4.94. The van der Waals surface area contributed by atoms with Crippen LogP contribution in [0.25, 0.3) is 11.3 Å². The fourth-order valence-electron chi connectivity index (χ4n) is 2.03. The number of aromatic nitrogens is 2. The number of benzene rings is 1. The molecule has 5 heteroatoms. The Balaban J connectivity index is 2.67. The second-order valence-electron chi connectivity index (χ2n) is 5.34. The largest absolute Gasteiger partial charge is 0.392 e. The Morgan fingerprint density at radius 3 is 2.58 bits per heavy atom. The van der Waals surface area contributed by atoms with Crippen LogP contribution in [0.3, 0.4) is 0 Å². The van der Waals surface area contributed by atoms with Gasteiger partial charge in [0.15, 0.2) is 0 Å². The Bertz CT molecular complexity index is 602. The molecule has 0 atom stereocenters. The van der Waals surface area contributed by atoms with E-state index in [0.29, 0.717) is 5.56 Å². The summed E-state index contributed by atoms with van der Waals surface area (Å²) in [5, 5.41) is 13.7. The van der Waals surface area contributed by atoms with Gasteiger partial charge in [-0.1, -0.05) is 17.7 Å². The van der Waals surface area contributed by atoms with Crippen molar-refractivity contribution in [2.75, 3.05) is 0 Å². The molecule has 0 unspecified atom stereocenters. The SMILES string of the molecule is CC(C)(C)n1nccc1-c1ccc(Cl)c(F)c1CO. The monoisotopic (exact) mass is 282 g/mol. The molecule has 0 radical (unpaired) electrons. The zero-order valence-corrected chi connectivity index (χ0v) is 11.9. The maximum absolute atomic E-state index is 14.0. The van der Waals surface area contributed by atoms with Crippen molar-refractivity contribution < 1.29 is 9.50 Å². The number of aliphatic hydroxyl groups excluding tert-OH is 1. The van der Waals surface area contributed by atoms with Crippen LogP contribution in [-0.2, 0) is 12.1 Å². The van der Waals surface area contributed by atoms with E-state index in [4.69, 9.17) is 11.6 Å². The molecule has 0 amide bonds. The number of halogens is 2. The lowest BCUT2D eigenvalue weighted by atomic mass is 10.0. The minimum absolute atomic E-state index is 0.00891. The van der Waals surface area contributed by atoms with E-state index in [1.807, 2.05) is 20.8 Å². The minimum atomic E-state index is -0.580. The van der Waals surface area contributed by atoms with Gasteiger partial charge in [-0.15, -0.1) is 0 Å². The molecule has 0 aliphatic carbocycles. The summed E-state index contributed by atoms with van der Waals surface area (Å²) in [6.45, 7) is 5.62. The van der Waals surface area contributed by atoms with Crippen LogP contribution in [0.1, 0.15) is 26.3 Å². The summed E-state index contributed by atoms with van der Waals surface area (Å²) in [5.41, 5.74) is 1.32. The van der Waals surface area contributed by atoms with Gasteiger partial charge in [-0.2, -0.15) is 5.10 Å². The highest BCUT2D eigenvalue weighted by molar-refractivity contribution is 6.30. The molecule has 0 aliphatic heterocycles. The predicted molar refractivity (Wildman–Crippen MR) is 73.5 cm³/mol. The topological polar surface area (TPSA) is 38.0 Å². The average Bonchev–Trinajstić information content (AvgIpc) is 2.81. The van der Waals surface area contributed by atoms with Crippen LogP contribution >= 0.6 is 11.6 Å². The summed E-state index contributed by atoms with van der Waals surface area (Å²) in [5.74, 6) is -0.580. The Morgan fingerprint density at radius 1 is 1.32 bits per heavy atom. The van der Waals surface area contributed by atoms with Crippen molar-refractivity contribution >= 4 is 11.6 Å². The Labute approximate surface area is 116 Å². The lowest BCUT2D eigenvalue weighted by molar-refractivity contribution is 0.276. The van der Waals surface area contributed by atoms with Crippen molar-refractivity contribution in [1.82, 2.24) is 9.78 Å². The van der Waals surface area contributed by atoms with Crippen LogP contribution in [0.4, 0.5) is 4.39 Å². The molecular formula is C14H16ClFN2O. The number of hydrogen-bond acceptors (Lipinski definition) is 2. The number of aliphatic hydroxyl groups is 1. The summed E-state index contributed by atoms with van der Waals surface area (Å²) >= 11 is 5.75.